The minimum absolute atomic E-state index is 0.147. The largest absolute Gasteiger partial charge is 0.339 e. The van der Waals surface area contributed by atoms with E-state index in [-0.39, 0.29) is 11.8 Å². The smallest absolute Gasteiger partial charge is 0.253 e. The van der Waals surface area contributed by atoms with Gasteiger partial charge in [0.15, 0.2) is 0 Å². The number of unbranched alkanes of at least 4 members (excludes halogenated alkanes) is 36. The van der Waals surface area contributed by atoms with Gasteiger partial charge in [0.25, 0.3) is 11.8 Å². The Labute approximate surface area is 376 Å². The highest BCUT2D eigenvalue weighted by atomic mass is 16.2. The lowest BCUT2D eigenvalue weighted by Gasteiger charge is -2.24. The molecule has 60 heavy (non-hydrogen) atoms. The van der Waals surface area contributed by atoms with Crippen molar-refractivity contribution in [3.8, 4) is 0 Å². The summed E-state index contributed by atoms with van der Waals surface area (Å²) in [5.41, 5.74) is 1.48. The lowest BCUT2D eigenvalue weighted by Crippen LogP contribution is -2.34. The van der Waals surface area contributed by atoms with Crippen LogP contribution in [0.1, 0.15) is 305 Å². The highest BCUT2D eigenvalue weighted by Crippen LogP contribution is 2.18. The maximum atomic E-state index is 14.0. The van der Waals surface area contributed by atoms with Crippen molar-refractivity contribution >= 4 is 11.8 Å². The number of hydrogen-bond acceptors (Lipinski definition) is 2. The van der Waals surface area contributed by atoms with E-state index in [1.807, 2.05) is 24.3 Å². The molecular weight excluding hydrogens is 733 g/mol. The summed E-state index contributed by atoms with van der Waals surface area (Å²) in [5, 5.41) is 0. The molecule has 350 valence electrons. The van der Waals surface area contributed by atoms with Gasteiger partial charge in [-0.05, 0) is 49.9 Å². The van der Waals surface area contributed by atoms with Crippen molar-refractivity contribution in [2.24, 2.45) is 0 Å². The van der Waals surface area contributed by atoms with Crippen LogP contribution < -0.4 is 0 Å². The third-order valence-corrected chi connectivity index (χ3v) is 13.1. The van der Waals surface area contributed by atoms with Gasteiger partial charge < -0.3 is 9.80 Å². The van der Waals surface area contributed by atoms with E-state index in [4.69, 9.17) is 0 Å². The van der Waals surface area contributed by atoms with E-state index in [1.54, 1.807) is 0 Å². The topological polar surface area (TPSA) is 40.6 Å². The maximum absolute atomic E-state index is 14.0. The normalized spacial score (nSPS) is 11.4. The maximum Gasteiger partial charge on any atom is 0.253 e. The molecule has 0 aliphatic heterocycles. The number of hydrogen-bond donors (Lipinski definition) is 0. The lowest BCUT2D eigenvalue weighted by atomic mass is 10.0. The highest BCUT2D eigenvalue weighted by molar-refractivity contribution is 5.97. The van der Waals surface area contributed by atoms with Crippen molar-refractivity contribution in [1.29, 1.82) is 0 Å². The molecule has 0 saturated carbocycles. The zero-order valence-electron chi connectivity index (χ0n) is 41.1. The molecule has 4 heteroatoms. The Bertz CT molecular complexity index is 923. The fraction of sp³-hybridized carbons (Fsp3) is 0.857. The summed E-state index contributed by atoms with van der Waals surface area (Å²) in [4.78, 5) is 32.3. The average Bonchev–Trinajstić information content (AvgIpc) is 3.27. The molecule has 0 saturated heterocycles. The first kappa shape index (κ1) is 56.2. The fourth-order valence-electron chi connectivity index (χ4n) is 8.91. The second-order valence-electron chi connectivity index (χ2n) is 18.9. The summed E-state index contributed by atoms with van der Waals surface area (Å²) < 4.78 is 0. The number of carbonyl (C=O) groups is 2. The molecule has 0 radical (unpaired) electrons. The van der Waals surface area contributed by atoms with Crippen molar-refractivity contribution in [2.75, 3.05) is 26.2 Å². The molecule has 1 aromatic carbocycles. The van der Waals surface area contributed by atoms with Crippen LogP contribution in [0.15, 0.2) is 24.3 Å². The lowest BCUT2D eigenvalue weighted by molar-refractivity contribution is 0.0737. The van der Waals surface area contributed by atoms with E-state index >= 15 is 0 Å². The fourth-order valence-corrected chi connectivity index (χ4v) is 8.91. The summed E-state index contributed by atoms with van der Waals surface area (Å²) in [5.74, 6) is 0.293. The number of benzene rings is 1. The van der Waals surface area contributed by atoms with Crippen LogP contribution in [-0.4, -0.2) is 47.8 Å². The van der Waals surface area contributed by atoms with Crippen LogP contribution >= 0.6 is 0 Å². The van der Waals surface area contributed by atoms with Crippen molar-refractivity contribution in [3.63, 3.8) is 0 Å². The Morgan fingerprint density at radius 3 is 0.583 bits per heavy atom. The first-order valence-electron chi connectivity index (χ1n) is 27.3. The van der Waals surface area contributed by atoms with E-state index in [0.29, 0.717) is 0 Å². The highest BCUT2D eigenvalue weighted by Gasteiger charge is 2.19. The molecule has 1 rings (SSSR count). The number of carbonyl (C=O) groups excluding carboxylic acids is 2. The van der Waals surface area contributed by atoms with E-state index in [2.05, 4.69) is 37.5 Å². The predicted octanol–water partition coefficient (Wildman–Crippen LogP) is 18.3. The van der Waals surface area contributed by atoms with Gasteiger partial charge in [-0.1, -0.05) is 259 Å². The van der Waals surface area contributed by atoms with Gasteiger partial charge in [-0.3, -0.25) is 9.59 Å². The monoisotopic (exact) mass is 837 g/mol. The molecule has 0 N–H and O–H groups in total. The summed E-state index contributed by atoms with van der Waals surface area (Å²) >= 11 is 0. The van der Waals surface area contributed by atoms with Crippen LogP contribution in [0.25, 0.3) is 0 Å². The third-order valence-electron chi connectivity index (χ3n) is 13.1. The molecular formula is C56H104N2O2. The second-order valence-corrected chi connectivity index (χ2v) is 18.9. The Hall–Kier alpha value is -1.84. The van der Waals surface area contributed by atoms with Gasteiger partial charge >= 0.3 is 0 Å². The number of nitrogens with zero attached hydrogens (tertiary/aromatic N) is 2. The van der Waals surface area contributed by atoms with Gasteiger partial charge in [0, 0.05) is 37.3 Å². The van der Waals surface area contributed by atoms with Crippen LogP contribution in [0.5, 0.6) is 0 Å². The molecule has 0 spiro atoms. The Morgan fingerprint density at radius 1 is 0.267 bits per heavy atom. The summed E-state index contributed by atoms with van der Waals surface area (Å²) in [7, 11) is 0. The summed E-state index contributed by atoms with van der Waals surface area (Å²) in [6.45, 7) is 12.5. The van der Waals surface area contributed by atoms with Gasteiger partial charge in [0.2, 0.25) is 0 Å². The number of rotatable bonds is 46. The minimum Gasteiger partial charge on any atom is -0.339 e. The molecule has 0 bridgehead atoms. The molecule has 1 aromatic rings. The van der Waals surface area contributed by atoms with E-state index in [0.717, 1.165) is 63.0 Å². The average molecular weight is 837 g/mol. The van der Waals surface area contributed by atoms with Gasteiger partial charge in [-0.2, -0.15) is 0 Å². The quantitative estimate of drug-likeness (QED) is 0.0614. The molecule has 2 amide bonds. The molecule has 4 nitrogen and oxygen atoms in total. The SMILES string of the molecule is CCCCCCCCCCCCN(CCCCCCCCCCCC)C(=O)c1ccc(C(=O)N(CCCCCCCCCCCC)CCCCCCCCCCCC)cc1. The first-order chi connectivity index (χ1) is 29.6. The number of amides is 2. The van der Waals surface area contributed by atoms with Crippen LogP contribution in [0, 0.1) is 0 Å². The zero-order chi connectivity index (χ0) is 43.4. The molecule has 0 heterocycles. The van der Waals surface area contributed by atoms with Crippen LogP contribution in [-0.2, 0) is 0 Å². The summed E-state index contributed by atoms with van der Waals surface area (Å²) in [6, 6.07) is 7.77. The van der Waals surface area contributed by atoms with Crippen molar-refractivity contribution < 1.29 is 9.59 Å². The van der Waals surface area contributed by atoms with E-state index < -0.39 is 0 Å². The molecule has 0 unspecified atom stereocenters. The van der Waals surface area contributed by atoms with Crippen molar-refractivity contribution in [1.82, 2.24) is 9.80 Å². The Balaban J connectivity index is 2.76. The van der Waals surface area contributed by atoms with Crippen LogP contribution in [0.3, 0.4) is 0 Å². The third kappa shape index (κ3) is 32.8. The Kier molecular flexibility index (Phi) is 41.0. The van der Waals surface area contributed by atoms with Gasteiger partial charge in [-0.15, -0.1) is 0 Å². The van der Waals surface area contributed by atoms with Gasteiger partial charge in [0.1, 0.15) is 0 Å². The van der Waals surface area contributed by atoms with Crippen molar-refractivity contribution in [3.05, 3.63) is 35.4 Å². The van der Waals surface area contributed by atoms with E-state index in [9.17, 15) is 9.59 Å². The second kappa shape index (κ2) is 43.8. The first-order valence-corrected chi connectivity index (χ1v) is 27.3. The molecule has 0 aliphatic rings. The van der Waals surface area contributed by atoms with Gasteiger partial charge in [0.05, 0.1) is 0 Å². The van der Waals surface area contributed by atoms with Crippen molar-refractivity contribution in [2.45, 2.75) is 285 Å². The standard InChI is InChI=1S/C56H104N2O2/c1-5-9-13-17-21-25-29-33-37-41-49-57(50-42-38-34-30-26-22-18-14-10-6-2)55(59)53-45-47-54(48-46-53)56(60)58(51-43-39-35-31-27-23-19-15-11-7-3)52-44-40-36-32-28-24-20-16-12-8-4/h45-48H,5-44,49-52H2,1-4H3. The zero-order valence-corrected chi connectivity index (χ0v) is 41.1. The molecule has 0 fully saturated rings. The van der Waals surface area contributed by atoms with Crippen LogP contribution in [0.2, 0.25) is 0 Å². The Morgan fingerprint density at radius 2 is 0.417 bits per heavy atom. The molecule has 0 aromatic heterocycles. The predicted molar refractivity (Wildman–Crippen MR) is 266 cm³/mol. The van der Waals surface area contributed by atoms with Gasteiger partial charge in [-0.25, -0.2) is 0 Å². The molecule has 0 atom stereocenters. The van der Waals surface area contributed by atoms with Crippen LogP contribution in [0.4, 0.5) is 0 Å². The summed E-state index contributed by atoms with van der Waals surface area (Å²) in [6.07, 6.45) is 52.3. The minimum atomic E-state index is 0.147. The molecule has 0 aliphatic carbocycles. The van der Waals surface area contributed by atoms with E-state index in [1.165, 1.54) is 231 Å².